The van der Waals surface area contributed by atoms with Crippen LogP contribution in [0, 0.1) is 6.92 Å². The Morgan fingerprint density at radius 1 is 1.32 bits per heavy atom. The molecule has 0 radical (unpaired) electrons. The van der Waals surface area contributed by atoms with Crippen molar-refractivity contribution >= 4 is 22.8 Å². The number of rotatable bonds is 2. The molecule has 0 aliphatic carbocycles. The lowest BCUT2D eigenvalue weighted by Gasteiger charge is -2.10. The van der Waals surface area contributed by atoms with Crippen LogP contribution >= 0.6 is 0 Å². The van der Waals surface area contributed by atoms with Gasteiger partial charge in [-0.2, -0.15) is 0 Å². The molecule has 3 rings (SSSR count). The van der Waals surface area contributed by atoms with Crippen LogP contribution in [0.15, 0.2) is 33.5 Å². The first-order valence-electron chi connectivity index (χ1n) is 7.18. The van der Waals surface area contributed by atoms with E-state index in [1.165, 1.54) is 12.1 Å². The summed E-state index contributed by atoms with van der Waals surface area (Å²) in [6, 6.07) is 5.89. The van der Waals surface area contributed by atoms with Crippen LogP contribution in [0.1, 0.15) is 28.8 Å². The zero-order chi connectivity index (χ0) is 15.7. The zero-order valence-corrected chi connectivity index (χ0v) is 12.1. The Hall–Kier alpha value is -2.47. The number of carbonyl (C=O) groups is 2. The fraction of sp³-hybridized carbons (Fsp3) is 0.312. The average Bonchev–Trinajstić information content (AvgIpc) is 3.00. The van der Waals surface area contributed by atoms with Crippen molar-refractivity contribution < 1.29 is 14.0 Å². The van der Waals surface area contributed by atoms with Crippen molar-refractivity contribution in [2.24, 2.45) is 0 Å². The number of amides is 2. The van der Waals surface area contributed by atoms with E-state index < -0.39 is 11.5 Å². The summed E-state index contributed by atoms with van der Waals surface area (Å²) in [7, 11) is 0. The number of hydrogen-bond donors (Lipinski definition) is 2. The molecule has 6 heteroatoms. The predicted molar refractivity (Wildman–Crippen MR) is 80.7 cm³/mol. The van der Waals surface area contributed by atoms with E-state index in [-0.39, 0.29) is 17.5 Å². The largest absolute Gasteiger partial charge is 0.423 e. The van der Waals surface area contributed by atoms with Crippen LogP contribution in [0.5, 0.6) is 0 Å². The molecule has 0 unspecified atom stereocenters. The van der Waals surface area contributed by atoms with Gasteiger partial charge in [0, 0.05) is 17.0 Å². The van der Waals surface area contributed by atoms with Crippen LogP contribution in [-0.4, -0.2) is 24.4 Å². The molecule has 2 amide bonds. The first-order chi connectivity index (χ1) is 10.5. The number of benzene rings is 1. The van der Waals surface area contributed by atoms with E-state index in [0.29, 0.717) is 5.58 Å². The summed E-state index contributed by atoms with van der Waals surface area (Å²) < 4.78 is 5.11. The minimum absolute atomic E-state index is 0.285. The summed E-state index contributed by atoms with van der Waals surface area (Å²) in [5, 5.41) is 6.17. The lowest BCUT2D eigenvalue weighted by Crippen LogP contribution is -2.43. The molecule has 1 aromatic carbocycles. The summed E-state index contributed by atoms with van der Waals surface area (Å²) in [5.41, 5.74) is 0.940. The molecular formula is C16H16N2O4. The van der Waals surface area contributed by atoms with E-state index in [4.69, 9.17) is 4.42 Å². The number of carbonyl (C=O) groups excluding carboxylic acids is 2. The maximum atomic E-state index is 12.1. The molecule has 22 heavy (non-hydrogen) atoms. The van der Waals surface area contributed by atoms with Crippen molar-refractivity contribution in [3.63, 3.8) is 0 Å². The minimum Gasteiger partial charge on any atom is -0.423 e. The second kappa shape index (κ2) is 5.73. The topological polar surface area (TPSA) is 88.4 Å². The quantitative estimate of drug-likeness (QED) is 0.640. The Bertz CT molecular complexity index is 803. The average molecular weight is 300 g/mol. The Morgan fingerprint density at radius 3 is 2.86 bits per heavy atom. The highest BCUT2D eigenvalue weighted by Crippen LogP contribution is 2.18. The van der Waals surface area contributed by atoms with Crippen LogP contribution in [-0.2, 0) is 4.79 Å². The molecule has 1 atom stereocenters. The highest BCUT2D eigenvalue weighted by atomic mass is 16.4. The second-order valence-corrected chi connectivity index (χ2v) is 5.43. The van der Waals surface area contributed by atoms with Crippen LogP contribution in [0.25, 0.3) is 11.0 Å². The van der Waals surface area contributed by atoms with E-state index in [2.05, 4.69) is 10.6 Å². The fourth-order valence-corrected chi connectivity index (χ4v) is 2.65. The number of hydrogen-bond acceptors (Lipinski definition) is 5. The molecule has 2 N–H and O–H groups in total. The van der Waals surface area contributed by atoms with Gasteiger partial charge in [0.2, 0.25) is 5.91 Å². The van der Waals surface area contributed by atoms with Gasteiger partial charge >= 0.3 is 5.63 Å². The maximum absolute atomic E-state index is 12.1. The van der Waals surface area contributed by atoms with Crippen molar-refractivity contribution in [1.82, 2.24) is 10.6 Å². The summed E-state index contributed by atoms with van der Waals surface area (Å²) >= 11 is 0. The van der Waals surface area contributed by atoms with Gasteiger partial charge < -0.3 is 9.73 Å². The van der Waals surface area contributed by atoms with Gasteiger partial charge in [0.15, 0.2) is 0 Å². The number of nitrogens with one attached hydrogen (secondary N) is 2. The summed E-state index contributed by atoms with van der Waals surface area (Å²) in [5.74, 6) is -0.821. The predicted octanol–water partition coefficient (Wildman–Crippen LogP) is 1.11. The molecule has 0 spiro atoms. The molecule has 1 saturated heterocycles. The number of aryl methyl sites for hydroxylation is 1. The molecule has 0 saturated carbocycles. The summed E-state index contributed by atoms with van der Waals surface area (Å²) in [6.07, 6.45) is 1.65. The Labute approximate surface area is 126 Å². The van der Waals surface area contributed by atoms with Gasteiger partial charge in [-0.1, -0.05) is 6.07 Å². The second-order valence-electron chi connectivity index (χ2n) is 5.43. The monoisotopic (exact) mass is 300 g/mol. The molecule has 1 aliphatic heterocycles. The lowest BCUT2D eigenvalue weighted by molar-refractivity contribution is -0.121. The van der Waals surface area contributed by atoms with Gasteiger partial charge in [0.25, 0.3) is 5.91 Å². The Morgan fingerprint density at radius 2 is 2.14 bits per heavy atom. The lowest BCUT2D eigenvalue weighted by atomic mass is 10.1. The molecule has 2 aromatic rings. The molecular weight excluding hydrogens is 284 g/mol. The summed E-state index contributed by atoms with van der Waals surface area (Å²) in [4.78, 5) is 35.5. The van der Waals surface area contributed by atoms with Crippen LogP contribution < -0.4 is 16.3 Å². The van der Waals surface area contributed by atoms with Gasteiger partial charge in [0.05, 0.1) is 6.04 Å². The van der Waals surface area contributed by atoms with Crippen LogP contribution in [0.3, 0.4) is 0 Å². The van der Waals surface area contributed by atoms with E-state index in [1.807, 2.05) is 0 Å². The molecule has 2 heterocycles. The number of fused-ring (bicyclic) bond motifs is 1. The molecule has 114 valence electrons. The van der Waals surface area contributed by atoms with Gasteiger partial charge in [-0.05, 0) is 44.0 Å². The SMILES string of the molecule is Cc1cc(=O)oc2cc(C(=O)NC(=O)[C@@H]3CCCN3)ccc12. The normalized spacial score (nSPS) is 17.6. The van der Waals surface area contributed by atoms with Gasteiger partial charge in [0.1, 0.15) is 5.58 Å². The standard InChI is InChI=1S/C16H16N2O4/c1-9-7-14(19)22-13-8-10(4-5-11(9)13)15(20)18-16(21)12-3-2-6-17-12/h4-5,7-8,12,17H,2-3,6H2,1H3,(H,18,20,21)/t12-/m0/s1. The Balaban J connectivity index is 1.84. The molecule has 1 fully saturated rings. The smallest absolute Gasteiger partial charge is 0.336 e. The minimum atomic E-state index is -0.496. The van der Waals surface area contributed by atoms with Gasteiger partial charge in [-0.15, -0.1) is 0 Å². The molecule has 6 nitrogen and oxygen atoms in total. The van der Waals surface area contributed by atoms with Crippen molar-refractivity contribution in [2.45, 2.75) is 25.8 Å². The highest BCUT2D eigenvalue weighted by Gasteiger charge is 2.24. The van der Waals surface area contributed by atoms with Crippen molar-refractivity contribution in [3.8, 4) is 0 Å². The van der Waals surface area contributed by atoms with Crippen LogP contribution in [0.2, 0.25) is 0 Å². The molecule has 1 aliphatic rings. The van der Waals surface area contributed by atoms with Gasteiger partial charge in [-0.3, -0.25) is 14.9 Å². The van der Waals surface area contributed by atoms with Crippen LogP contribution in [0.4, 0.5) is 0 Å². The zero-order valence-electron chi connectivity index (χ0n) is 12.1. The van der Waals surface area contributed by atoms with Crippen molar-refractivity contribution in [3.05, 3.63) is 45.8 Å². The fourth-order valence-electron chi connectivity index (χ4n) is 2.65. The third kappa shape index (κ3) is 2.78. The van der Waals surface area contributed by atoms with Crippen molar-refractivity contribution in [2.75, 3.05) is 6.54 Å². The maximum Gasteiger partial charge on any atom is 0.336 e. The first kappa shape index (κ1) is 14.5. The third-order valence-corrected chi connectivity index (χ3v) is 3.83. The van der Waals surface area contributed by atoms with Gasteiger partial charge in [-0.25, -0.2) is 4.79 Å². The molecule has 0 bridgehead atoms. The Kier molecular flexibility index (Phi) is 3.77. The third-order valence-electron chi connectivity index (χ3n) is 3.83. The first-order valence-corrected chi connectivity index (χ1v) is 7.18. The van der Waals surface area contributed by atoms with E-state index in [0.717, 1.165) is 30.3 Å². The van der Waals surface area contributed by atoms with E-state index in [1.54, 1.807) is 19.1 Å². The summed E-state index contributed by atoms with van der Waals surface area (Å²) in [6.45, 7) is 2.58. The highest BCUT2D eigenvalue weighted by molar-refractivity contribution is 6.07. The van der Waals surface area contributed by atoms with E-state index in [9.17, 15) is 14.4 Å². The van der Waals surface area contributed by atoms with Crippen molar-refractivity contribution in [1.29, 1.82) is 0 Å². The number of imide groups is 1. The van der Waals surface area contributed by atoms with E-state index >= 15 is 0 Å². The molecule has 1 aromatic heterocycles.